The Labute approximate surface area is 166 Å². The van der Waals surface area contributed by atoms with Crippen molar-refractivity contribution in [1.82, 2.24) is 20.5 Å². The molecule has 146 valence electrons. The first kappa shape index (κ1) is 18.9. The van der Waals surface area contributed by atoms with Gasteiger partial charge in [-0.1, -0.05) is 23.5 Å². The lowest BCUT2D eigenvalue weighted by Gasteiger charge is -2.21. The summed E-state index contributed by atoms with van der Waals surface area (Å²) in [6.07, 6.45) is 1.85. The normalized spacial score (nSPS) is 15.1. The van der Waals surface area contributed by atoms with E-state index in [0.29, 0.717) is 11.5 Å². The maximum absolute atomic E-state index is 13.1. The molecule has 2 N–H and O–H groups in total. The number of piperidine rings is 1. The van der Waals surface area contributed by atoms with Gasteiger partial charge < -0.3 is 10.6 Å². The summed E-state index contributed by atoms with van der Waals surface area (Å²) < 4.78 is 13.1. The minimum Gasteiger partial charge on any atom is -0.317 e. The summed E-state index contributed by atoms with van der Waals surface area (Å²) in [6, 6.07) is 7.75. The fraction of sp³-hybridized carbons (Fsp3) is 0.400. The zero-order valence-electron chi connectivity index (χ0n) is 15.7. The second kappa shape index (κ2) is 8.28. The van der Waals surface area contributed by atoms with E-state index in [9.17, 15) is 9.18 Å². The number of carbonyl (C=O) groups excluding carboxylic acids is 1. The van der Waals surface area contributed by atoms with Crippen molar-refractivity contribution in [2.45, 2.75) is 26.2 Å². The standard InChI is InChI=1S/C20H22FN5OS/c1-12-25-26-20(28-12)14-2-3-16-15(10-14)11-18(23-17(16)4-7-21)24-19(27)13-5-8-22-9-6-13/h2-3,10-11,13,22H,4-9H2,1H3,(H,23,24,27). The van der Waals surface area contributed by atoms with Gasteiger partial charge in [0, 0.05) is 23.3 Å². The van der Waals surface area contributed by atoms with Gasteiger partial charge in [-0.25, -0.2) is 4.98 Å². The predicted molar refractivity (Wildman–Crippen MR) is 109 cm³/mol. The first-order chi connectivity index (χ1) is 13.6. The number of pyridine rings is 1. The van der Waals surface area contributed by atoms with E-state index in [1.54, 1.807) is 0 Å². The molecule has 3 heterocycles. The number of nitrogens with one attached hydrogen (secondary N) is 2. The molecule has 1 aliphatic heterocycles. The molecule has 0 radical (unpaired) electrons. The highest BCUT2D eigenvalue weighted by Crippen LogP contribution is 2.29. The van der Waals surface area contributed by atoms with Gasteiger partial charge in [-0.05, 0) is 50.4 Å². The van der Waals surface area contributed by atoms with Crippen LogP contribution < -0.4 is 10.6 Å². The molecular weight excluding hydrogens is 377 g/mol. The smallest absolute Gasteiger partial charge is 0.228 e. The summed E-state index contributed by atoms with van der Waals surface area (Å²) in [6.45, 7) is 3.12. The van der Waals surface area contributed by atoms with E-state index < -0.39 is 6.67 Å². The number of hydrogen-bond donors (Lipinski definition) is 2. The van der Waals surface area contributed by atoms with Crippen molar-refractivity contribution in [2.24, 2.45) is 5.92 Å². The van der Waals surface area contributed by atoms with E-state index >= 15 is 0 Å². The summed E-state index contributed by atoms with van der Waals surface area (Å²) in [4.78, 5) is 17.1. The van der Waals surface area contributed by atoms with Crippen LogP contribution in [0.25, 0.3) is 21.3 Å². The van der Waals surface area contributed by atoms with Crippen molar-refractivity contribution in [1.29, 1.82) is 0 Å². The lowest BCUT2D eigenvalue weighted by atomic mass is 9.97. The molecule has 3 aromatic rings. The Morgan fingerprint density at radius 2 is 2.11 bits per heavy atom. The second-order valence-electron chi connectivity index (χ2n) is 6.97. The highest BCUT2D eigenvalue weighted by Gasteiger charge is 2.21. The van der Waals surface area contributed by atoms with Gasteiger partial charge in [0.15, 0.2) is 0 Å². The molecule has 6 nitrogen and oxygen atoms in total. The third-order valence-electron chi connectivity index (χ3n) is 4.98. The molecule has 2 aromatic heterocycles. The number of amides is 1. The molecule has 1 aromatic carbocycles. The number of benzene rings is 1. The van der Waals surface area contributed by atoms with Crippen molar-refractivity contribution in [2.75, 3.05) is 25.1 Å². The maximum atomic E-state index is 13.1. The Morgan fingerprint density at radius 3 is 2.82 bits per heavy atom. The van der Waals surface area contributed by atoms with Gasteiger partial charge in [-0.3, -0.25) is 9.18 Å². The molecule has 1 fully saturated rings. The lowest BCUT2D eigenvalue weighted by Crippen LogP contribution is -2.34. The summed E-state index contributed by atoms with van der Waals surface area (Å²) in [5.41, 5.74) is 1.60. The van der Waals surface area contributed by atoms with Crippen LogP contribution in [-0.2, 0) is 11.2 Å². The Bertz CT molecular complexity index is 999. The summed E-state index contributed by atoms with van der Waals surface area (Å²) in [5, 5.41) is 18.0. The highest BCUT2D eigenvalue weighted by molar-refractivity contribution is 7.14. The number of halogens is 1. The van der Waals surface area contributed by atoms with Gasteiger partial charge >= 0.3 is 0 Å². The van der Waals surface area contributed by atoms with Crippen LogP contribution in [-0.4, -0.2) is 40.9 Å². The van der Waals surface area contributed by atoms with Gasteiger partial charge in [0.05, 0.1) is 12.4 Å². The van der Waals surface area contributed by atoms with Crippen molar-refractivity contribution in [3.05, 3.63) is 35.0 Å². The topological polar surface area (TPSA) is 79.8 Å². The number of carbonyl (C=O) groups is 1. The number of aromatic nitrogens is 3. The van der Waals surface area contributed by atoms with Crippen LogP contribution in [0.2, 0.25) is 0 Å². The molecule has 0 saturated carbocycles. The van der Waals surface area contributed by atoms with Gasteiger partial charge in [0.2, 0.25) is 5.91 Å². The minimum atomic E-state index is -0.495. The van der Waals surface area contributed by atoms with Gasteiger partial charge in [0.1, 0.15) is 15.8 Å². The Kier molecular flexibility index (Phi) is 5.59. The van der Waals surface area contributed by atoms with Crippen molar-refractivity contribution in [3.63, 3.8) is 0 Å². The van der Waals surface area contributed by atoms with Crippen molar-refractivity contribution < 1.29 is 9.18 Å². The first-order valence-corrected chi connectivity index (χ1v) is 10.3. The zero-order chi connectivity index (χ0) is 19.5. The Balaban J connectivity index is 1.68. The maximum Gasteiger partial charge on any atom is 0.228 e. The van der Waals surface area contributed by atoms with Crippen molar-refractivity contribution in [3.8, 4) is 10.6 Å². The van der Waals surface area contributed by atoms with E-state index in [1.807, 2.05) is 31.2 Å². The molecule has 28 heavy (non-hydrogen) atoms. The molecule has 1 saturated heterocycles. The average molecular weight is 399 g/mol. The third-order valence-corrected chi connectivity index (χ3v) is 5.86. The van der Waals surface area contributed by atoms with Crippen LogP contribution in [0, 0.1) is 12.8 Å². The highest BCUT2D eigenvalue weighted by atomic mass is 32.1. The Hall–Kier alpha value is -2.45. The monoisotopic (exact) mass is 399 g/mol. The van der Waals surface area contributed by atoms with Gasteiger partial charge in [0.25, 0.3) is 0 Å². The van der Waals surface area contributed by atoms with E-state index in [0.717, 1.165) is 52.3 Å². The van der Waals surface area contributed by atoms with Gasteiger partial charge in [-0.2, -0.15) is 0 Å². The molecule has 0 aliphatic carbocycles. The molecule has 1 amide bonds. The van der Waals surface area contributed by atoms with Crippen LogP contribution >= 0.6 is 11.3 Å². The molecule has 0 bridgehead atoms. The SMILES string of the molecule is Cc1nnc(-c2ccc3c(CCF)nc(NC(=O)C4CCNCC4)cc3c2)s1. The molecule has 0 spiro atoms. The fourth-order valence-corrected chi connectivity index (χ4v) is 4.22. The van der Waals surface area contributed by atoms with E-state index in [2.05, 4.69) is 25.8 Å². The number of alkyl halides is 1. The van der Waals surface area contributed by atoms with Crippen LogP contribution in [0.4, 0.5) is 10.2 Å². The molecule has 0 unspecified atom stereocenters. The molecular formula is C20H22FN5OS. The number of aryl methyl sites for hydroxylation is 2. The third kappa shape index (κ3) is 4.02. The minimum absolute atomic E-state index is 0.0147. The molecule has 4 rings (SSSR count). The predicted octanol–water partition coefficient (Wildman–Crippen LogP) is 3.51. The van der Waals surface area contributed by atoms with Crippen LogP contribution in [0.1, 0.15) is 23.5 Å². The second-order valence-corrected chi connectivity index (χ2v) is 8.15. The Morgan fingerprint density at radius 1 is 1.29 bits per heavy atom. The first-order valence-electron chi connectivity index (χ1n) is 9.46. The van der Waals surface area contributed by atoms with E-state index in [4.69, 9.17) is 0 Å². The van der Waals surface area contributed by atoms with Gasteiger partial charge in [-0.15, -0.1) is 10.2 Å². The molecule has 1 aliphatic rings. The zero-order valence-corrected chi connectivity index (χ0v) is 16.5. The molecule has 8 heteroatoms. The summed E-state index contributed by atoms with van der Waals surface area (Å²) in [7, 11) is 0. The number of rotatable bonds is 5. The number of nitrogens with zero attached hydrogens (tertiary/aromatic N) is 3. The van der Waals surface area contributed by atoms with Crippen LogP contribution in [0.5, 0.6) is 0 Å². The summed E-state index contributed by atoms with van der Waals surface area (Å²) >= 11 is 1.52. The van der Waals surface area contributed by atoms with Crippen LogP contribution in [0.3, 0.4) is 0 Å². The quantitative estimate of drug-likeness (QED) is 0.686. The van der Waals surface area contributed by atoms with Crippen LogP contribution in [0.15, 0.2) is 24.3 Å². The largest absolute Gasteiger partial charge is 0.317 e. The number of anilines is 1. The average Bonchev–Trinajstić information content (AvgIpc) is 3.15. The van der Waals surface area contributed by atoms with Crippen molar-refractivity contribution >= 4 is 33.8 Å². The van der Waals surface area contributed by atoms with E-state index in [1.165, 1.54) is 11.3 Å². The fourth-order valence-electron chi connectivity index (χ4n) is 3.53. The number of hydrogen-bond acceptors (Lipinski definition) is 6. The van der Waals surface area contributed by atoms with E-state index in [-0.39, 0.29) is 18.2 Å². The lowest BCUT2D eigenvalue weighted by molar-refractivity contribution is -0.120. The number of fused-ring (bicyclic) bond motifs is 1. The molecule has 0 atom stereocenters. The summed E-state index contributed by atoms with van der Waals surface area (Å²) in [5.74, 6) is 0.444.